The lowest BCUT2D eigenvalue weighted by molar-refractivity contribution is 0.0962. The molecule has 1 saturated carbocycles. The van der Waals surface area contributed by atoms with Crippen LogP contribution in [-0.4, -0.2) is 30.6 Å². The van der Waals surface area contributed by atoms with Crippen molar-refractivity contribution in [1.82, 2.24) is 30.0 Å². The van der Waals surface area contributed by atoms with E-state index < -0.39 is 0 Å². The number of rotatable bonds is 6. The van der Waals surface area contributed by atoms with Gasteiger partial charge in [-0.05, 0) is 61.1 Å². The van der Waals surface area contributed by atoms with Crippen LogP contribution in [0.25, 0.3) is 16.7 Å². The highest BCUT2D eigenvalue weighted by molar-refractivity contribution is 5.95. The van der Waals surface area contributed by atoms with Crippen molar-refractivity contribution >= 4 is 11.5 Å². The first kappa shape index (κ1) is 21.0. The van der Waals surface area contributed by atoms with E-state index in [1.165, 1.54) is 0 Å². The van der Waals surface area contributed by atoms with Crippen LogP contribution in [0.3, 0.4) is 0 Å². The van der Waals surface area contributed by atoms with Gasteiger partial charge in [0, 0.05) is 41.0 Å². The van der Waals surface area contributed by atoms with E-state index in [0.29, 0.717) is 23.4 Å². The lowest BCUT2D eigenvalue weighted by Crippen LogP contribution is -2.23. The summed E-state index contributed by atoms with van der Waals surface area (Å²) >= 11 is 0. The van der Waals surface area contributed by atoms with Gasteiger partial charge in [0.15, 0.2) is 5.82 Å². The second-order valence-electron chi connectivity index (χ2n) is 8.70. The number of hydrogen-bond acceptors (Lipinski definition) is 5. The molecule has 3 aromatic heterocycles. The fourth-order valence-electron chi connectivity index (χ4n) is 3.81. The molecule has 1 amide bonds. The number of nitrogens with one attached hydrogen (secondary N) is 1. The van der Waals surface area contributed by atoms with Crippen molar-refractivity contribution in [2.24, 2.45) is 0 Å². The molecule has 33 heavy (non-hydrogen) atoms. The monoisotopic (exact) mass is 438 g/mol. The average molecular weight is 439 g/mol. The molecule has 3 aromatic rings. The zero-order chi connectivity index (χ0) is 22.8. The summed E-state index contributed by atoms with van der Waals surface area (Å²) in [5.41, 5.74) is 4.91. The molecule has 0 aromatic carbocycles. The molecule has 0 radical (unpaired) electrons. The van der Waals surface area contributed by atoms with Gasteiger partial charge in [-0.1, -0.05) is 32.1 Å². The maximum Gasteiger partial charge on any atom is 0.274 e. The van der Waals surface area contributed by atoms with Gasteiger partial charge in [0.25, 0.3) is 5.91 Å². The maximum absolute atomic E-state index is 13.0. The Bertz CT molecular complexity index is 1260. The molecule has 0 atom stereocenters. The zero-order valence-electron chi connectivity index (χ0n) is 18.8. The minimum atomic E-state index is -0.260. The third kappa shape index (κ3) is 4.67. The molecule has 3 heterocycles. The molecule has 166 valence electrons. The van der Waals surface area contributed by atoms with Crippen LogP contribution in [0.15, 0.2) is 73.0 Å². The average Bonchev–Trinajstić information content (AvgIpc) is 3.61. The second-order valence-corrected chi connectivity index (χ2v) is 8.70. The number of hydrogen-bond donors (Lipinski definition) is 1. The topological polar surface area (TPSA) is 85.6 Å². The SMILES string of the molecule is CC(C)c1ccc(-c2ccnc(C(=O)NC3=CC(c4nncn4C4CC4)=CCC=C3)c2)cn1. The van der Waals surface area contributed by atoms with Crippen LogP contribution < -0.4 is 5.32 Å². The van der Waals surface area contributed by atoms with Crippen molar-refractivity contribution in [2.75, 3.05) is 0 Å². The van der Waals surface area contributed by atoms with Crippen molar-refractivity contribution in [2.45, 2.75) is 45.1 Å². The standard InChI is InChI=1S/C26H26N6O/c1-17(2)23-10-7-20(15-28-23)18-11-12-27-24(14-18)26(33)30-21-6-4-3-5-19(13-21)25-31-29-16-32(25)22-8-9-22/h4-7,10-17,22H,3,8-9H2,1-2H3,(H,30,33). The van der Waals surface area contributed by atoms with E-state index in [-0.39, 0.29) is 5.91 Å². The molecule has 1 fully saturated rings. The molecule has 7 heteroatoms. The van der Waals surface area contributed by atoms with Gasteiger partial charge in [-0.3, -0.25) is 14.8 Å². The van der Waals surface area contributed by atoms with Crippen LogP contribution in [0.1, 0.15) is 67.1 Å². The number of amides is 1. The largest absolute Gasteiger partial charge is 0.321 e. The Balaban J connectivity index is 1.35. The molecule has 0 unspecified atom stereocenters. The second kappa shape index (κ2) is 8.94. The van der Waals surface area contributed by atoms with Crippen molar-refractivity contribution in [3.8, 4) is 11.1 Å². The van der Waals surface area contributed by atoms with Crippen LogP contribution in [0.4, 0.5) is 0 Å². The maximum atomic E-state index is 13.0. The summed E-state index contributed by atoms with van der Waals surface area (Å²) < 4.78 is 2.12. The summed E-state index contributed by atoms with van der Waals surface area (Å²) in [7, 11) is 0. The molecule has 0 saturated heterocycles. The minimum Gasteiger partial charge on any atom is -0.321 e. The highest BCUT2D eigenvalue weighted by Gasteiger charge is 2.27. The van der Waals surface area contributed by atoms with Crippen LogP contribution in [0.2, 0.25) is 0 Å². The van der Waals surface area contributed by atoms with E-state index in [1.807, 2.05) is 42.6 Å². The van der Waals surface area contributed by atoms with Gasteiger partial charge in [-0.15, -0.1) is 10.2 Å². The van der Waals surface area contributed by atoms with Crippen molar-refractivity contribution in [3.63, 3.8) is 0 Å². The van der Waals surface area contributed by atoms with Crippen LogP contribution in [0.5, 0.6) is 0 Å². The predicted octanol–water partition coefficient (Wildman–Crippen LogP) is 4.85. The quantitative estimate of drug-likeness (QED) is 0.595. The smallest absolute Gasteiger partial charge is 0.274 e. The van der Waals surface area contributed by atoms with Crippen molar-refractivity contribution in [3.05, 3.63) is 90.2 Å². The molecule has 0 aliphatic heterocycles. The highest BCUT2D eigenvalue weighted by atomic mass is 16.1. The Morgan fingerprint density at radius 3 is 2.79 bits per heavy atom. The van der Waals surface area contributed by atoms with E-state index >= 15 is 0 Å². The molecular weight excluding hydrogens is 412 g/mol. The zero-order valence-corrected chi connectivity index (χ0v) is 18.8. The molecule has 5 rings (SSSR count). The lowest BCUT2D eigenvalue weighted by atomic mass is 10.0. The summed E-state index contributed by atoms with van der Waals surface area (Å²) in [6, 6.07) is 8.22. The number of aromatic nitrogens is 5. The Labute approximate surface area is 193 Å². The molecule has 7 nitrogen and oxygen atoms in total. The van der Waals surface area contributed by atoms with Gasteiger partial charge in [-0.25, -0.2) is 0 Å². The molecule has 1 N–H and O–H groups in total. The van der Waals surface area contributed by atoms with Gasteiger partial charge in [-0.2, -0.15) is 0 Å². The first-order valence-corrected chi connectivity index (χ1v) is 11.3. The van der Waals surface area contributed by atoms with E-state index in [0.717, 1.165) is 47.5 Å². The minimum absolute atomic E-state index is 0.260. The molecule has 0 bridgehead atoms. The number of pyridine rings is 2. The lowest BCUT2D eigenvalue weighted by Gasteiger charge is -2.09. The van der Waals surface area contributed by atoms with Gasteiger partial charge in [0.2, 0.25) is 0 Å². The van der Waals surface area contributed by atoms with E-state index in [4.69, 9.17) is 0 Å². The van der Waals surface area contributed by atoms with Crippen LogP contribution >= 0.6 is 0 Å². The third-order valence-corrected chi connectivity index (χ3v) is 5.82. The van der Waals surface area contributed by atoms with Crippen molar-refractivity contribution < 1.29 is 4.79 Å². The number of allylic oxidation sites excluding steroid dienone is 5. The fourth-order valence-corrected chi connectivity index (χ4v) is 3.81. The molecule has 2 aliphatic rings. The summed E-state index contributed by atoms with van der Waals surface area (Å²) in [6.07, 6.45) is 16.3. The van der Waals surface area contributed by atoms with Gasteiger partial charge in [0.05, 0.1) is 0 Å². The van der Waals surface area contributed by atoms with Gasteiger partial charge >= 0.3 is 0 Å². The number of nitrogens with zero attached hydrogens (tertiary/aromatic N) is 5. The summed E-state index contributed by atoms with van der Waals surface area (Å²) in [6.45, 7) is 4.23. The van der Waals surface area contributed by atoms with Crippen LogP contribution in [0, 0.1) is 0 Å². The summed E-state index contributed by atoms with van der Waals surface area (Å²) in [5, 5.41) is 11.4. The van der Waals surface area contributed by atoms with Gasteiger partial charge in [0.1, 0.15) is 12.0 Å². The first-order chi connectivity index (χ1) is 16.1. The number of carbonyl (C=O) groups excluding carboxylic acids is 1. The first-order valence-electron chi connectivity index (χ1n) is 11.3. The Morgan fingerprint density at radius 2 is 2.03 bits per heavy atom. The summed E-state index contributed by atoms with van der Waals surface area (Å²) in [4.78, 5) is 21.8. The van der Waals surface area contributed by atoms with E-state index in [1.54, 1.807) is 18.6 Å². The predicted molar refractivity (Wildman–Crippen MR) is 127 cm³/mol. The normalized spacial score (nSPS) is 15.7. The third-order valence-electron chi connectivity index (χ3n) is 5.82. The van der Waals surface area contributed by atoms with Crippen LogP contribution in [-0.2, 0) is 0 Å². The van der Waals surface area contributed by atoms with Crippen molar-refractivity contribution in [1.29, 1.82) is 0 Å². The molecule has 2 aliphatic carbocycles. The fraction of sp³-hybridized carbons (Fsp3) is 0.269. The Morgan fingerprint density at radius 1 is 1.15 bits per heavy atom. The molecular formula is C26H26N6O. The van der Waals surface area contributed by atoms with Gasteiger partial charge < -0.3 is 9.88 Å². The summed E-state index contributed by atoms with van der Waals surface area (Å²) in [5.74, 6) is 0.950. The Kier molecular flexibility index (Phi) is 5.69. The highest BCUT2D eigenvalue weighted by Crippen LogP contribution is 2.37. The molecule has 0 spiro atoms. The Hall–Kier alpha value is -3.87. The number of carbonyl (C=O) groups is 1. The van der Waals surface area contributed by atoms with E-state index in [2.05, 4.69) is 50.0 Å². The van der Waals surface area contributed by atoms with E-state index in [9.17, 15) is 4.79 Å².